The molecule has 2 aromatic heterocycles. The number of aliphatic hydroxyl groups is 1. The van der Waals surface area contributed by atoms with Crippen molar-refractivity contribution in [3.05, 3.63) is 18.0 Å². The fourth-order valence-corrected chi connectivity index (χ4v) is 7.14. The number of carbonyl (C=O) groups excluding carboxylic acids is 1. The number of piperidine rings is 2. The van der Waals surface area contributed by atoms with E-state index in [2.05, 4.69) is 39.9 Å². The molecule has 202 valence electrons. The first kappa shape index (κ1) is 25.1. The number of rotatable bonds is 6. The van der Waals surface area contributed by atoms with Crippen molar-refractivity contribution in [3.8, 4) is 0 Å². The number of carbonyl (C=O) groups is 1. The lowest BCUT2D eigenvalue weighted by Crippen LogP contribution is -2.46. The number of nitrogens with one attached hydrogen (secondary N) is 1. The van der Waals surface area contributed by atoms with E-state index in [-0.39, 0.29) is 12.0 Å². The summed E-state index contributed by atoms with van der Waals surface area (Å²) in [5.74, 6) is 2.43. The largest absolute Gasteiger partial charge is 0.393 e. The summed E-state index contributed by atoms with van der Waals surface area (Å²) in [7, 11) is 2.13. The molecule has 4 heterocycles. The minimum absolute atomic E-state index is 0.164. The second-order valence-corrected chi connectivity index (χ2v) is 12.2. The van der Waals surface area contributed by atoms with Crippen LogP contribution in [-0.2, 0) is 4.79 Å². The van der Waals surface area contributed by atoms with E-state index >= 15 is 0 Å². The van der Waals surface area contributed by atoms with E-state index in [1.165, 1.54) is 18.4 Å². The number of aromatic nitrogens is 3. The van der Waals surface area contributed by atoms with E-state index in [1.54, 1.807) is 0 Å². The van der Waals surface area contributed by atoms with Gasteiger partial charge in [0.2, 0.25) is 11.9 Å². The van der Waals surface area contributed by atoms with Gasteiger partial charge in [-0.1, -0.05) is 13.3 Å². The molecular weight excluding hydrogens is 464 g/mol. The summed E-state index contributed by atoms with van der Waals surface area (Å²) >= 11 is 0. The summed E-state index contributed by atoms with van der Waals surface area (Å²) in [5.41, 5.74) is 2.38. The smallest absolute Gasteiger partial charge is 0.226 e. The fourth-order valence-electron chi connectivity index (χ4n) is 7.14. The zero-order valence-corrected chi connectivity index (χ0v) is 22.6. The number of nitrogens with zero attached hydrogens (tertiary/aromatic N) is 5. The molecule has 1 amide bonds. The van der Waals surface area contributed by atoms with Crippen LogP contribution >= 0.6 is 0 Å². The molecule has 0 unspecified atom stereocenters. The maximum Gasteiger partial charge on any atom is 0.226 e. The third-order valence-corrected chi connectivity index (χ3v) is 9.64. The minimum atomic E-state index is -0.170. The predicted molar refractivity (Wildman–Crippen MR) is 146 cm³/mol. The van der Waals surface area contributed by atoms with Gasteiger partial charge in [0.25, 0.3) is 0 Å². The highest BCUT2D eigenvalue weighted by atomic mass is 16.3. The van der Waals surface area contributed by atoms with E-state index in [9.17, 15) is 9.90 Å². The molecule has 8 nitrogen and oxygen atoms in total. The number of hydrogen-bond acceptors (Lipinski definition) is 6. The van der Waals surface area contributed by atoms with E-state index in [4.69, 9.17) is 9.97 Å². The molecule has 2 saturated carbocycles. The lowest BCUT2D eigenvalue weighted by molar-refractivity contribution is -0.138. The van der Waals surface area contributed by atoms with E-state index in [0.717, 1.165) is 100 Å². The van der Waals surface area contributed by atoms with Crippen molar-refractivity contribution < 1.29 is 9.90 Å². The summed E-state index contributed by atoms with van der Waals surface area (Å²) in [6.07, 6.45) is 14.4. The van der Waals surface area contributed by atoms with Gasteiger partial charge < -0.3 is 24.8 Å². The number of fused-ring (bicyclic) bond motifs is 1. The topological polar surface area (TPSA) is 86.5 Å². The summed E-state index contributed by atoms with van der Waals surface area (Å²) in [6, 6.07) is 0.873. The van der Waals surface area contributed by atoms with Crippen molar-refractivity contribution in [1.82, 2.24) is 24.3 Å². The molecule has 2 aliphatic heterocycles. The quantitative estimate of drug-likeness (QED) is 0.609. The van der Waals surface area contributed by atoms with Crippen molar-refractivity contribution in [2.75, 3.05) is 38.5 Å². The average molecular weight is 509 g/mol. The van der Waals surface area contributed by atoms with Crippen LogP contribution in [-0.4, -0.2) is 80.7 Å². The third-order valence-electron chi connectivity index (χ3n) is 9.64. The van der Waals surface area contributed by atoms with Crippen LogP contribution in [0.1, 0.15) is 88.7 Å². The molecule has 2 N–H and O–H groups in total. The first-order chi connectivity index (χ1) is 18.0. The van der Waals surface area contributed by atoms with Gasteiger partial charge in [-0.2, -0.15) is 4.98 Å². The van der Waals surface area contributed by atoms with Crippen molar-refractivity contribution >= 4 is 22.9 Å². The summed E-state index contributed by atoms with van der Waals surface area (Å²) in [4.78, 5) is 27.4. The molecule has 2 aliphatic carbocycles. The van der Waals surface area contributed by atoms with Crippen molar-refractivity contribution in [2.24, 2.45) is 11.8 Å². The monoisotopic (exact) mass is 508 g/mol. The lowest BCUT2D eigenvalue weighted by atomic mass is 9.88. The Morgan fingerprint density at radius 1 is 1.11 bits per heavy atom. The van der Waals surface area contributed by atoms with Gasteiger partial charge in [0.05, 0.1) is 12.0 Å². The molecule has 4 aliphatic rings. The van der Waals surface area contributed by atoms with Gasteiger partial charge in [-0.15, -0.1) is 0 Å². The number of likely N-dealkylation sites (tertiary alicyclic amines) is 2. The van der Waals surface area contributed by atoms with Crippen molar-refractivity contribution in [1.29, 1.82) is 0 Å². The first-order valence-corrected chi connectivity index (χ1v) is 14.8. The summed E-state index contributed by atoms with van der Waals surface area (Å²) in [5, 5.41) is 14.8. The second kappa shape index (κ2) is 10.5. The van der Waals surface area contributed by atoms with E-state index in [0.29, 0.717) is 23.9 Å². The molecule has 0 radical (unpaired) electrons. The normalized spacial score (nSPS) is 31.5. The molecule has 6 rings (SSSR count). The summed E-state index contributed by atoms with van der Waals surface area (Å²) < 4.78 is 2.39. The van der Waals surface area contributed by atoms with Crippen LogP contribution in [0.5, 0.6) is 0 Å². The average Bonchev–Trinajstić information content (AvgIpc) is 3.57. The molecule has 8 heteroatoms. The zero-order chi connectivity index (χ0) is 25.5. The van der Waals surface area contributed by atoms with Gasteiger partial charge in [0.1, 0.15) is 5.65 Å². The molecule has 2 saturated heterocycles. The molecule has 0 bridgehead atoms. The Morgan fingerprint density at radius 3 is 2.59 bits per heavy atom. The van der Waals surface area contributed by atoms with Crippen molar-refractivity contribution in [2.45, 2.75) is 95.2 Å². The SMILES string of the molecule is CC[C@H]1C[C@@H]1Nc1ncc2c(C3CCN(C(=O)[C@H]4CCCN(C)C4)CC3)cn([C@H]3CC[C@H](O)CC3)c2n1. The third kappa shape index (κ3) is 5.24. The van der Waals surface area contributed by atoms with Gasteiger partial charge in [0, 0.05) is 49.5 Å². The number of hydrogen-bond donors (Lipinski definition) is 2. The maximum atomic E-state index is 13.2. The highest BCUT2D eigenvalue weighted by molar-refractivity contribution is 5.82. The predicted octanol–water partition coefficient (Wildman–Crippen LogP) is 4.17. The van der Waals surface area contributed by atoms with E-state index in [1.807, 2.05) is 6.20 Å². The van der Waals surface area contributed by atoms with Gasteiger partial charge >= 0.3 is 0 Å². The highest BCUT2D eigenvalue weighted by Crippen LogP contribution is 2.40. The van der Waals surface area contributed by atoms with Crippen LogP contribution < -0.4 is 5.32 Å². The molecule has 0 spiro atoms. The lowest BCUT2D eigenvalue weighted by Gasteiger charge is -2.37. The molecule has 4 fully saturated rings. The molecule has 0 aromatic carbocycles. The van der Waals surface area contributed by atoms with Crippen LogP contribution in [0.4, 0.5) is 5.95 Å². The summed E-state index contributed by atoms with van der Waals surface area (Å²) in [6.45, 7) is 5.93. The first-order valence-electron chi connectivity index (χ1n) is 14.8. The molecular formula is C29H44N6O2. The molecule has 2 aromatic rings. The van der Waals surface area contributed by atoms with Crippen LogP contribution in [0.3, 0.4) is 0 Å². The molecule has 3 atom stereocenters. The number of aliphatic hydroxyl groups excluding tert-OH is 1. The Morgan fingerprint density at radius 2 is 1.89 bits per heavy atom. The Kier molecular flexibility index (Phi) is 7.14. The van der Waals surface area contributed by atoms with Gasteiger partial charge in [-0.25, -0.2) is 4.98 Å². The minimum Gasteiger partial charge on any atom is -0.393 e. The Labute approximate surface area is 220 Å². The maximum absolute atomic E-state index is 13.2. The number of amides is 1. The Bertz CT molecular complexity index is 1100. The fraction of sp³-hybridized carbons (Fsp3) is 0.759. The van der Waals surface area contributed by atoms with Crippen LogP contribution in [0.25, 0.3) is 11.0 Å². The van der Waals surface area contributed by atoms with Gasteiger partial charge in [-0.3, -0.25) is 4.79 Å². The zero-order valence-electron chi connectivity index (χ0n) is 22.6. The standard InChI is InChI=1S/C29H44N6O2/c1-3-19-15-26(19)31-29-30-16-24-25(18-35(27(24)32-29)22-6-8-23(36)9-7-22)20-10-13-34(14-11-20)28(37)21-5-4-12-33(2)17-21/h16,18-23,26,36H,3-15,17H2,1-2H3,(H,30,31,32)/t19-,21-,22-,23-,26-/m0/s1. The van der Waals surface area contributed by atoms with Crippen molar-refractivity contribution in [3.63, 3.8) is 0 Å². The highest BCUT2D eigenvalue weighted by Gasteiger charge is 2.36. The Hall–Kier alpha value is -2.19. The molecule has 37 heavy (non-hydrogen) atoms. The number of anilines is 1. The Balaban J connectivity index is 1.21. The van der Waals surface area contributed by atoms with Gasteiger partial charge in [0.15, 0.2) is 0 Å². The van der Waals surface area contributed by atoms with Gasteiger partial charge in [-0.05, 0) is 88.8 Å². The van der Waals surface area contributed by atoms with Crippen LogP contribution in [0.2, 0.25) is 0 Å². The van der Waals surface area contributed by atoms with E-state index < -0.39 is 0 Å². The second-order valence-electron chi connectivity index (χ2n) is 12.2. The van der Waals surface area contributed by atoms with Crippen LogP contribution in [0, 0.1) is 11.8 Å². The van der Waals surface area contributed by atoms with Crippen LogP contribution in [0.15, 0.2) is 12.4 Å².